The maximum atomic E-state index is 13.4. The number of piperazine rings is 1. The summed E-state index contributed by atoms with van der Waals surface area (Å²) < 4.78 is 10.8. The third kappa shape index (κ3) is 4.75. The first-order valence-corrected chi connectivity index (χ1v) is 12.8. The lowest BCUT2D eigenvalue weighted by molar-refractivity contribution is 0.103. The summed E-state index contributed by atoms with van der Waals surface area (Å²) in [6.07, 6.45) is 0. The number of fused-ring (bicyclic) bond motifs is 1. The molecule has 9 heteroatoms. The van der Waals surface area contributed by atoms with Crippen LogP contribution in [0.1, 0.15) is 29.9 Å². The molecule has 1 saturated heterocycles. The van der Waals surface area contributed by atoms with Crippen LogP contribution in [0.2, 0.25) is 10.0 Å². The molecule has 5 rings (SSSR count). The third-order valence-electron chi connectivity index (χ3n) is 6.69. The fraction of sp³-hybridized carbons (Fsp3) is 0.286. The van der Waals surface area contributed by atoms with E-state index in [0.29, 0.717) is 61.4 Å². The SMILES string of the molecule is COc1cc(OC)c(Cl)c(-c2ccc3c(C(=O)c4ccc(N5C[C@@H](C)N[C@@H](C)C5)cc4)n[nH]c3c2)c1Cl. The Hall–Kier alpha value is -3.26. The maximum absolute atomic E-state index is 13.4. The summed E-state index contributed by atoms with van der Waals surface area (Å²) in [5.74, 6) is 0.755. The van der Waals surface area contributed by atoms with Crippen LogP contribution in [0.5, 0.6) is 11.5 Å². The Morgan fingerprint density at radius 3 is 2.16 bits per heavy atom. The monoisotopic (exact) mass is 538 g/mol. The first kappa shape index (κ1) is 25.4. The molecule has 0 saturated carbocycles. The van der Waals surface area contributed by atoms with Crippen molar-refractivity contribution in [3.63, 3.8) is 0 Å². The van der Waals surface area contributed by atoms with E-state index in [9.17, 15) is 4.79 Å². The molecule has 7 nitrogen and oxygen atoms in total. The zero-order chi connectivity index (χ0) is 26.3. The van der Waals surface area contributed by atoms with Crippen molar-refractivity contribution >= 4 is 45.6 Å². The van der Waals surface area contributed by atoms with Crippen LogP contribution in [-0.2, 0) is 0 Å². The standard InChI is InChI=1S/C28H28Cl2N4O3/c1-15-13-34(14-16(2)31-15)19-8-5-17(6-9-19)28(35)27-20-10-7-18(11-21(20)32-33-27)24-25(29)22(36-3)12-23(37-4)26(24)30/h5-12,15-16,31H,13-14H2,1-4H3,(H,32,33)/t15-,16+. The first-order chi connectivity index (χ1) is 17.8. The summed E-state index contributed by atoms with van der Waals surface area (Å²) in [6.45, 7) is 6.22. The van der Waals surface area contributed by atoms with Gasteiger partial charge in [0.15, 0.2) is 0 Å². The second kappa shape index (κ2) is 10.2. The van der Waals surface area contributed by atoms with Gasteiger partial charge in [0.05, 0.1) is 29.8 Å². The highest BCUT2D eigenvalue weighted by atomic mass is 35.5. The maximum Gasteiger partial charge on any atom is 0.213 e. The van der Waals surface area contributed by atoms with E-state index < -0.39 is 0 Å². The second-order valence-corrected chi connectivity index (χ2v) is 10.1. The third-order valence-corrected chi connectivity index (χ3v) is 7.44. The summed E-state index contributed by atoms with van der Waals surface area (Å²) in [6, 6.07) is 15.8. The topological polar surface area (TPSA) is 79.5 Å². The van der Waals surface area contributed by atoms with Crippen LogP contribution in [0.4, 0.5) is 5.69 Å². The van der Waals surface area contributed by atoms with Gasteiger partial charge in [-0.05, 0) is 55.8 Å². The Balaban J connectivity index is 1.45. The minimum Gasteiger partial charge on any atom is -0.495 e. The number of H-pyrrole nitrogens is 1. The number of anilines is 1. The number of halogens is 2. The lowest BCUT2D eigenvalue weighted by Gasteiger charge is -2.37. The zero-order valence-corrected chi connectivity index (χ0v) is 22.6. The fourth-order valence-electron chi connectivity index (χ4n) is 4.99. The average Bonchev–Trinajstić information content (AvgIpc) is 3.31. The van der Waals surface area contributed by atoms with Crippen molar-refractivity contribution in [2.45, 2.75) is 25.9 Å². The molecule has 2 heterocycles. The van der Waals surface area contributed by atoms with Crippen LogP contribution in [0.25, 0.3) is 22.0 Å². The van der Waals surface area contributed by atoms with Crippen LogP contribution < -0.4 is 19.7 Å². The molecule has 0 spiro atoms. The molecule has 0 bridgehead atoms. The smallest absolute Gasteiger partial charge is 0.213 e. The molecule has 4 aromatic rings. The molecule has 0 unspecified atom stereocenters. The van der Waals surface area contributed by atoms with Gasteiger partial charge >= 0.3 is 0 Å². The van der Waals surface area contributed by atoms with Gasteiger partial charge in [-0.1, -0.05) is 29.3 Å². The molecule has 3 aromatic carbocycles. The molecule has 37 heavy (non-hydrogen) atoms. The number of hydrogen-bond donors (Lipinski definition) is 2. The summed E-state index contributed by atoms with van der Waals surface area (Å²) in [4.78, 5) is 15.7. The Morgan fingerprint density at radius 2 is 1.57 bits per heavy atom. The van der Waals surface area contributed by atoms with Gasteiger partial charge in [-0.2, -0.15) is 5.10 Å². The molecule has 192 valence electrons. The van der Waals surface area contributed by atoms with Crippen molar-refractivity contribution in [1.29, 1.82) is 0 Å². The Morgan fingerprint density at radius 1 is 0.946 bits per heavy atom. The van der Waals surface area contributed by atoms with Crippen molar-refractivity contribution in [2.24, 2.45) is 0 Å². The van der Waals surface area contributed by atoms with Gasteiger partial charge in [0.1, 0.15) is 17.2 Å². The van der Waals surface area contributed by atoms with Crippen molar-refractivity contribution in [3.05, 3.63) is 69.8 Å². The van der Waals surface area contributed by atoms with Gasteiger partial charge in [-0.3, -0.25) is 9.89 Å². The van der Waals surface area contributed by atoms with Gasteiger partial charge in [0.25, 0.3) is 0 Å². The highest BCUT2D eigenvalue weighted by Gasteiger charge is 2.23. The van der Waals surface area contributed by atoms with Gasteiger partial charge in [-0.25, -0.2) is 0 Å². The fourth-order valence-corrected chi connectivity index (χ4v) is 5.70. The average molecular weight is 539 g/mol. The zero-order valence-electron chi connectivity index (χ0n) is 21.1. The van der Waals surface area contributed by atoms with Crippen LogP contribution in [0.3, 0.4) is 0 Å². The van der Waals surface area contributed by atoms with Gasteiger partial charge < -0.3 is 19.7 Å². The summed E-state index contributed by atoms with van der Waals surface area (Å²) in [5.41, 5.74) is 4.06. The van der Waals surface area contributed by atoms with Crippen LogP contribution in [-0.4, -0.2) is 55.4 Å². The number of ketones is 1. The quantitative estimate of drug-likeness (QED) is 0.294. The van der Waals surface area contributed by atoms with E-state index in [2.05, 4.69) is 34.3 Å². The number of nitrogens with zero attached hydrogens (tertiary/aromatic N) is 2. The van der Waals surface area contributed by atoms with Crippen molar-refractivity contribution in [2.75, 3.05) is 32.2 Å². The highest BCUT2D eigenvalue weighted by molar-refractivity contribution is 6.41. The lowest BCUT2D eigenvalue weighted by atomic mass is 10.0. The lowest BCUT2D eigenvalue weighted by Crippen LogP contribution is -2.54. The number of ether oxygens (including phenoxy) is 2. The number of carbonyl (C=O) groups excluding carboxylic acids is 1. The highest BCUT2D eigenvalue weighted by Crippen LogP contribution is 2.46. The predicted molar refractivity (Wildman–Crippen MR) is 149 cm³/mol. The van der Waals surface area contributed by atoms with Crippen LogP contribution in [0, 0.1) is 0 Å². The van der Waals surface area contributed by atoms with E-state index in [-0.39, 0.29) is 5.78 Å². The minimum atomic E-state index is -0.147. The van der Waals surface area contributed by atoms with Gasteiger partial charge in [0, 0.05) is 53.4 Å². The van der Waals surface area contributed by atoms with Gasteiger partial charge in [-0.15, -0.1) is 0 Å². The second-order valence-electron chi connectivity index (χ2n) is 9.37. The Kier molecular flexibility index (Phi) is 7.03. The first-order valence-electron chi connectivity index (χ1n) is 12.0. The molecular formula is C28H28Cl2N4O3. The molecule has 0 radical (unpaired) electrons. The number of methoxy groups -OCH3 is 2. The predicted octanol–water partition coefficient (Wildman–Crippen LogP) is 5.97. The normalized spacial score (nSPS) is 17.7. The van der Waals surface area contributed by atoms with Crippen LogP contribution in [0.15, 0.2) is 48.5 Å². The molecule has 1 aromatic heterocycles. The molecule has 0 aliphatic carbocycles. The summed E-state index contributed by atoms with van der Waals surface area (Å²) in [5, 5.41) is 12.3. The summed E-state index contributed by atoms with van der Waals surface area (Å²) in [7, 11) is 3.07. The molecule has 1 fully saturated rings. The molecular weight excluding hydrogens is 511 g/mol. The molecule has 1 aliphatic heterocycles. The largest absolute Gasteiger partial charge is 0.495 e. The molecule has 2 N–H and O–H groups in total. The molecule has 0 amide bonds. The number of hydrogen-bond acceptors (Lipinski definition) is 6. The van der Waals surface area contributed by atoms with E-state index in [0.717, 1.165) is 24.3 Å². The number of carbonyl (C=O) groups is 1. The van der Waals surface area contributed by atoms with Crippen molar-refractivity contribution < 1.29 is 14.3 Å². The van der Waals surface area contributed by atoms with E-state index >= 15 is 0 Å². The van der Waals surface area contributed by atoms with E-state index in [1.165, 1.54) is 14.2 Å². The van der Waals surface area contributed by atoms with Crippen molar-refractivity contribution in [1.82, 2.24) is 15.5 Å². The Labute approximate surface area is 225 Å². The van der Waals surface area contributed by atoms with Gasteiger partial charge in [0.2, 0.25) is 5.78 Å². The van der Waals surface area contributed by atoms with E-state index in [1.807, 2.05) is 42.5 Å². The van der Waals surface area contributed by atoms with E-state index in [1.54, 1.807) is 6.07 Å². The Bertz CT molecular complexity index is 1430. The van der Waals surface area contributed by atoms with Crippen LogP contribution >= 0.6 is 23.2 Å². The van der Waals surface area contributed by atoms with E-state index in [4.69, 9.17) is 32.7 Å². The minimum absolute atomic E-state index is 0.147. The number of aromatic amines is 1. The summed E-state index contributed by atoms with van der Waals surface area (Å²) >= 11 is 13.2. The number of benzene rings is 3. The number of nitrogens with one attached hydrogen (secondary N) is 2. The number of aromatic nitrogens is 2. The number of rotatable bonds is 6. The molecule has 1 aliphatic rings. The molecule has 2 atom stereocenters. The van der Waals surface area contributed by atoms with Crippen molar-refractivity contribution in [3.8, 4) is 22.6 Å².